The Morgan fingerprint density at radius 2 is 2.11 bits per heavy atom. The molecule has 2 atom stereocenters. The number of ketones is 1. The molecule has 2 aliphatic rings. The Hall–Kier alpha value is -1.73. The summed E-state index contributed by atoms with van der Waals surface area (Å²) in [4.78, 5) is 13.0. The fraction of sp³-hybridized carbons (Fsp3) is 0.600. The zero-order valence-electron chi connectivity index (χ0n) is 15.8. The van der Waals surface area contributed by atoms with E-state index in [-0.39, 0.29) is 31.1 Å². The van der Waals surface area contributed by atoms with Crippen LogP contribution in [0.1, 0.15) is 51.0 Å². The molecule has 27 heavy (non-hydrogen) atoms. The predicted molar refractivity (Wildman–Crippen MR) is 102 cm³/mol. The fourth-order valence-electron chi connectivity index (χ4n) is 3.85. The van der Waals surface area contributed by atoms with Crippen molar-refractivity contribution in [1.82, 2.24) is 0 Å². The topological polar surface area (TPSA) is 93.0 Å². The van der Waals surface area contributed by atoms with Crippen LogP contribution in [-0.4, -0.2) is 42.6 Å². The van der Waals surface area contributed by atoms with Crippen LogP contribution in [0.3, 0.4) is 0 Å². The number of hydrogen-bond acceptors (Lipinski definition) is 6. The number of hydrogen-bond donors (Lipinski definition) is 1. The number of aryl methyl sites for hydroxylation is 1. The van der Waals surface area contributed by atoms with E-state index >= 15 is 0 Å². The molecule has 1 saturated heterocycles. The van der Waals surface area contributed by atoms with Gasteiger partial charge in [0.25, 0.3) is 0 Å². The predicted octanol–water partition coefficient (Wildman–Crippen LogP) is 3.30. The molecule has 0 amide bonds. The molecule has 148 valence electrons. The highest BCUT2D eigenvalue weighted by atomic mass is 32.2. The summed E-state index contributed by atoms with van der Waals surface area (Å²) in [6.07, 6.45) is 2.02. The quantitative estimate of drug-likeness (QED) is 0.436. The van der Waals surface area contributed by atoms with Gasteiger partial charge in [0.15, 0.2) is 15.6 Å². The van der Waals surface area contributed by atoms with Gasteiger partial charge in [-0.1, -0.05) is 24.2 Å². The number of benzene rings is 1. The van der Waals surface area contributed by atoms with Gasteiger partial charge >= 0.3 is 0 Å². The summed E-state index contributed by atoms with van der Waals surface area (Å²) in [7, 11) is -3.61. The van der Waals surface area contributed by atoms with Crippen LogP contribution in [0.5, 0.6) is 0 Å². The highest BCUT2D eigenvalue weighted by Crippen LogP contribution is 2.40. The van der Waals surface area contributed by atoms with Crippen LogP contribution in [0, 0.1) is 12.8 Å². The molecule has 0 bridgehead atoms. The summed E-state index contributed by atoms with van der Waals surface area (Å²) in [6.45, 7) is 3.94. The molecule has 1 heterocycles. The molecule has 3 rings (SSSR count). The molecule has 1 N–H and O–H groups in total. The van der Waals surface area contributed by atoms with Gasteiger partial charge in [0.1, 0.15) is 6.10 Å². The van der Waals surface area contributed by atoms with Gasteiger partial charge in [-0.25, -0.2) is 8.42 Å². The van der Waals surface area contributed by atoms with E-state index in [4.69, 9.17) is 9.94 Å². The first-order valence-corrected chi connectivity index (χ1v) is 11.0. The van der Waals surface area contributed by atoms with Gasteiger partial charge in [0.2, 0.25) is 0 Å². The molecule has 1 aromatic carbocycles. The first kappa shape index (κ1) is 20.0. The SMILES string of the molecule is CCC1(S(=O)(=O)c2cccc(C)c2)CCOC(C(=O)C/C(=N\O)C2CC2)C1. The van der Waals surface area contributed by atoms with Gasteiger partial charge in [0, 0.05) is 18.9 Å². The number of Topliss-reactive ketones (excluding diaryl/α,β-unsaturated/α-hetero) is 1. The van der Waals surface area contributed by atoms with E-state index in [1.54, 1.807) is 18.2 Å². The first-order chi connectivity index (χ1) is 12.8. The van der Waals surface area contributed by atoms with Crippen molar-refractivity contribution < 1.29 is 23.2 Å². The summed E-state index contributed by atoms with van der Waals surface area (Å²) in [6, 6.07) is 6.91. The molecule has 2 fully saturated rings. The fourth-order valence-corrected chi connectivity index (χ4v) is 6.05. The zero-order chi connectivity index (χ0) is 19.7. The van der Waals surface area contributed by atoms with Crippen LogP contribution in [-0.2, 0) is 19.4 Å². The Kier molecular flexibility index (Phi) is 5.72. The van der Waals surface area contributed by atoms with Crippen molar-refractivity contribution in [2.24, 2.45) is 11.1 Å². The third-order valence-electron chi connectivity index (χ3n) is 5.84. The van der Waals surface area contributed by atoms with Crippen LogP contribution in [0.15, 0.2) is 34.3 Å². The van der Waals surface area contributed by atoms with E-state index in [1.807, 2.05) is 19.9 Å². The lowest BCUT2D eigenvalue weighted by atomic mass is 9.89. The maximum Gasteiger partial charge on any atom is 0.184 e. The monoisotopic (exact) mass is 393 g/mol. The summed E-state index contributed by atoms with van der Waals surface area (Å²) in [5.74, 6) is -0.0267. The summed E-state index contributed by atoms with van der Waals surface area (Å²) < 4.78 is 31.5. The second-order valence-corrected chi connectivity index (χ2v) is 10.0. The lowest BCUT2D eigenvalue weighted by molar-refractivity contribution is -0.133. The number of carbonyl (C=O) groups is 1. The van der Waals surface area contributed by atoms with Crippen molar-refractivity contribution in [2.75, 3.05) is 6.61 Å². The average Bonchev–Trinajstić information content (AvgIpc) is 3.51. The Morgan fingerprint density at radius 3 is 2.70 bits per heavy atom. The third-order valence-corrected chi connectivity index (χ3v) is 8.51. The Bertz CT molecular complexity index is 844. The maximum atomic E-state index is 13.4. The van der Waals surface area contributed by atoms with E-state index in [0.717, 1.165) is 18.4 Å². The standard InChI is InChI=1S/C20H27NO5S/c1-3-20(27(24,25)16-6-4-5-14(2)11-16)9-10-26-19(13-20)18(22)12-17(21-23)15-7-8-15/h4-6,11,15,19,23H,3,7-10,12-13H2,1-2H3/b21-17+. The van der Waals surface area contributed by atoms with Gasteiger partial charge in [-0.15, -0.1) is 0 Å². The second kappa shape index (κ2) is 7.72. The van der Waals surface area contributed by atoms with Gasteiger partial charge < -0.3 is 9.94 Å². The number of ether oxygens (including phenoxy) is 1. The summed E-state index contributed by atoms with van der Waals surface area (Å²) >= 11 is 0. The van der Waals surface area contributed by atoms with Crippen molar-refractivity contribution in [1.29, 1.82) is 0 Å². The second-order valence-electron chi connectivity index (χ2n) is 7.68. The van der Waals surface area contributed by atoms with Gasteiger partial charge in [0.05, 0.1) is 21.8 Å². The molecule has 0 aromatic heterocycles. The highest BCUT2D eigenvalue weighted by Gasteiger charge is 2.48. The van der Waals surface area contributed by atoms with E-state index in [9.17, 15) is 13.2 Å². The minimum atomic E-state index is -3.61. The minimum Gasteiger partial charge on any atom is -0.411 e. The van der Waals surface area contributed by atoms with E-state index in [1.165, 1.54) is 0 Å². The number of carbonyl (C=O) groups excluding carboxylic acids is 1. The molecule has 0 spiro atoms. The van der Waals surface area contributed by atoms with Gasteiger partial charge in [-0.3, -0.25) is 4.79 Å². The molecule has 0 radical (unpaired) electrons. The van der Waals surface area contributed by atoms with Gasteiger partial charge in [-0.05, 0) is 50.3 Å². The molecular formula is C20H27NO5S. The Morgan fingerprint density at radius 1 is 1.37 bits per heavy atom. The van der Waals surface area contributed by atoms with Crippen LogP contribution >= 0.6 is 0 Å². The lowest BCUT2D eigenvalue weighted by Gasteiger charge is -2.39. The van der Waals surface area contributed by atoms with E-state index in [0.29, 0.717) is 23.4 Å². The highest BCUT2D eigenvalue weighted by molar-refractivity contribution is 7.92. The molecule has 1 aliphatic carbocycles. The Balaban J connectivity index is 1.83. The van der Waals surface area contributed by atoms with Crippen molar-refractivity contribution >= 4 is 21.3 Å². The third kappa shape index (κ3) is 3.94. The zero-order valence-corrected chi connectivity index (χ0v) is 16.7. The summed E-state index contributed by atoms with van der Waals surface area (Å²) in [5, 5.41) is 12.4. The smallest absolute Gasteiger partial charge is 0.184 e. The van der Waals surface area contributed by atoms with Crippen LogP contribution in [0.2, 0.25) is 0 Å². The molecule has 1 aromatic rings. The first-order valence-electron chi connectivity index (χ1n) is 9.49. The molecule has 1 saturated carbocycles. The maximum absolute atomic E-state index is 13.4. The largest absolute Gasteiger partial charge is 0.411 e. The van der Waals surface area contributed by atoms with Crippen LogP contribution < -0.4 is 0 Å². The number of sulfone groups is 1. The van der Waals surface area contributed by atoms with Crippen LogP contribution in [0.25, 0.3) is 0 Å². The van der Waals surface area contributed by atoms with Gasteiger partial charge in [-0.2, -0.15) is 0 Å². The molecule has 7 heteroatoms. The normalized spacial score (nSPS) is 26.7. The number of oxime groups is 1. The Labute approximate surface area is 160 Å². The van der Waals surface area contributed by atoms with Crippen molar-refractivity contribution in [3.63, 3.8) is 0 Å². The van der Waals surface area contributed by atoms with E-state index in [2.05, 4.69) is 5.16 Å². The van der Waals surface area contributed by atoms with E-state index < -0.39 is 20.7 Å². The van der Waals surface area contributed by atoms with Crippen molar-refractivity contribution in [2.45, 2.75) is 68.1 Å². The van der Waals surface area contributed by atoms with Crippen molar-refractivity contribution in [3.05, 3.63) is 29.8 Å². The number of rotatable bonds is 7. The molecule has 2 unspecified atom stereocenters. The average molecular weight is 394 g/mol. The summed E-state index contributed by atoms with van der Waals surface area (Å²) in [5.41, 5.74) is 1.37. The van der Waals surface area contributed by atoms with Crippen LogP contribution in [0.4, 0.5) is 0 Å². The lowest BCUT2D eigenvalue weighted by Crippen LogP contribution is -2.49. The minimum absolute atomic E-state index is 0.0239. The molecule has 1 aliphatic heterocycles. The molecule has 6 nitrogen and oxygen atoms in total. The number of nitrogens with zero attached hydrogens (tertiary/aromatic N) is 1. The van der Waals surface area contributed by atoms with Crippen molar-refractivity contribution in [3.8, 4) is 0 Å². The molecular weight excluding hydrogens is 366 g/mol.